The van der Waals surface area contributed by atoms with E-state index in [2.05, 4.69) is 30.9 Å². The van der Waals surface area contributed by atoms with Crippen LogP contribution in [0.3, 0.4) is 0 Å². The lowest BCUT2D eigenvalue weighted by Gasteiger charge is -2.30. The Balaban J connectivity index is 1.46. The molecule has 0 aliphatic carbocycles. The number of carboxylic acids is 1. The Morgan fingerprint density at radius 1 is 0.862 bits per heavy atom. The van der Waals surface area contributed by atoms with Gasteiger partial charge in [-0.3, -0.25) is 4.79 Å². The van der Waals surface area contributed by atoms with E-state index in [1.807, 2.05) is 6.08 Å². The van der Waals surface area contributed by atoms with Gasteiger partial charge in [-0.1, -0.05) is 49.6 Å². The van der Waals surface area contributed by atoms with Crippen LogP contribution in [0.2, 0.25) is 0 Å². The largest absolute Gasteiger partial charge is 0.481 e. The molecule has 2 rings (SSSR count). The lowest BCUT2D eigenvalue weighted by molar-refractivity contribution is -0.385. The number of hydrogen-bond acceptors (Lipinski definition) is 4. The predicted octanol–water partition coefficient (Wildman–Crippen LogP) is 5.91. The number of allylic oxidation sites excluding steroid dienone is 5. The zero-order valence-electron chi connectivity index (χ0n) is 17.7. The summed E-state index contributed by atoms with van der Waals surface area (Å²) in [6.45, 7) is 3.72. The van der Waals surface area contributed by atoms with Crippen molar-refractivity contribution in [3.8, 4) is 0 Å². The van der Waals surface area contributed by atoms with Gasteiger partial charge in [-0.25, -0.2) is 9.78 Å². The molecule has 2 aliphatic heterocycles. The molecule has 0 amide bonds. The maximum Gasteiger partial charge on any atom is 0.306 e. The number of ether oxygens (including phenoxy) is 1. The molecule has 0 aromatic rings. The zero-order valence-corrected chi connectivity index (χ0v) is 17.7. The fourth-order valence-corrected chi connectivity index (χ4v) is 3.95. The second-order valence-electron chi connectivity index (χ2n) is 8.12. The number of rotatable bonds is 14. The Bertz CT molecular complexity index is 519. The Hall–Kier alpha value is -1.43. The monoisotopic (exact) mass is 406 g/mol. The van der Waals surface area contributed by atoms with E-state index in [1.165, 1.54) is 25.7 Å². The average molecular weight is 407 g/mol. The maximum absolute atomic E-state index is 10.7. The summed E-state index contributed by atoms with van der Waals surface area (Å²) in [5.41, 5.74) is 0. The lowest BCUT2D eigenvalue weighted by Crippen LogP contribution is -2.37. The van der Waals surface area contributed by atoms with Crippen LogP contribution in [-0.2, 0) is 19.3 Å². The first-order valence-electron chi connectivity index (χ1n) is 11.3. The van der Waals surface area contributed by atoms with Crippen molar-refractivity contribution in [2.24, 2.45) is 0 Å². The first kappa shape index (κ1) is 23.8. The molecule has 0 bridgehead atoms. The van der Waals surface area contributed by atoms with Crippen LogP contribution in [-0.4, -0.2) is 35.5 Å². The summed E-state index contributed by atoms with van der Waals surface area (Å²) in [5.74, 6) is -0.846. The van der Waals surface area contributed by atoms with Crippen LogP contribution in [0.25, 0.3) is 0 Å². The highest BCUT2D eigenvalue weighted by atomic mass is 17.2. The van der Waals surface area contributed by atoms with Gasteiger partial charge in [-0.05, 0) is 57.8 Å². The van der Waals surface area contributed by atoms with Crippen molar-refractivity contribution in [3.63, 3.8) is 0 Å². The molecular weight excluding hydrogens is 368 g/mol. The first-order valence-corrected chi connectivity index (χ1v) is 11.3. The first-order chi connectivity index (χ1) is 14.2. The number of carboxylic acid groups (broad SMARTS) is 1. The van der Waals surface area contributed by atoms with Crippen molar-refractivity contribution in [1.29, 1.82) is 0 Å². The van der Waals surface area contributed by atoms with Crippen LogP contribution >= 0.6 is 0 Å². The standard InChI is InChI=1S/C24H38O5/c1-2-3-4-5-6-7-8-9-10-11-12-13-14-20-15-17-22(27-20)23-18-16-21(28-29-23)19-24(25)26/h2,5-8,20-23H,1,3-4,9-19H2,(H,25,26)/b6-5+,8-7?. The van der Waals surface area contributed by atoms with Gasteiger partial charge in [0.25, 0.3) is 0 Å². The summed E-state index contributed by atoms with van der Waals surface area (Å²) < 4.78 is 6.17. The van der Waals surface area contributed by atoms with Crippen LogP contribution in [0.4, 0.5) is 0 Å². The second-order valence-corrected chi connectivity index (χ2v) is 8.12. The highest BCUT2D eigenvalue weighted by molar-refractivity contribution is 5.67. The number of hydrogen-bond donors (Lipinski definition) is 1. The van der Waals surface area contributed by atoms with Crippen molar-refractivity contribution >= 4 is 5.97 Å². The van der Waals surface area contributed by atoms with Gasteiger partial charge in [-0.15, -0.1) is 6.58 Å². The van der Waals surface area contributed by atoms with E-state index in [4.69, 9.17) is 19.6 Å². The quantitative estimate of drug-likeness (QED) is 0.168. The Kier molecular flexibility index (Phi) is 12.0. The molecule has 5 heteroatoms. The Morgan fingerprint density at radius 2 is 1.59 bits per heavy atom. The molecule has 2 saturated heterocycles. The smallest absolute Gasteiger partial charge is 0.306 e. The van der Waals surface area contributed by atoms with Crippen molar-refractivity contribution in [1.82, 2.24) is 0 Å². The number of carbonyl (C=O) groups is 1. The van der Waals surface area contributed by atoms with Gasteiger partial charge < -0.3 is 9.84 Å². The van der Waals surface area contributed by atoms with Crippen LogP contribution in [0, 0.1) is 0 Å². The third-order valence-corrected chi connectivity index (χ3v) is 5.61. The summed E-state index contributed by atoms with van der Waals surface area (Å²) in [6, 6.07) is 0. The number of aliphatic carboxylic acids is 1. The fraction of sp³-hybridized carbons (Fsp3) is 0.708. The summed E-state index contributed by atoms with van der Waals surface area (Å²) in [4.78, 5) is 21.4. The minimum Gasteiger partial charge on any atom is -0.481 e. The normalized spacial score (nSPS) is 27.7. The minimum absolute atomic E-state index is 0.00307. The molecule has 2 fully saturated rings. The van der Waals surface area contributed by atoms with E-state index >= 15 is 0 Å². The molecule has 164 valence electrons. The van der Waals surface area contributed by atoms with Gasteiger partial charge >= 0.3 is 5.97 Å². The van der Waals surface area contributed by atoms with E-state index < -0.39 is 5.97 Å². The summed E-state index contributed by atoms with van der Waals surface area (Å²) in [5, 5.41) is 8.82. The second kappa shape index (κ2) is 14.5. The van der Waals surface area contributed by atoms with Crippen LogP contribution in [0.15, 0.2) is 37.0 Å². The molecule has 0 aromatic carbocycles. The van der Waals surface area contributed by atoms with Crippen LogP contribution < -0.4 is 0 Å². The lowest BCUT2D eigenvalue weighted by atomic mass is 10.0. The highest BCUT2D eigenvalue weighted by Crippen LogP contribution is 2.31. The summed E-state index contributed by atoms with van der Waals surface area (Å²) in [6.07, 6.45) is 23.7. The van der Waals surface area contributed by atoms with Crippen molar-refractivity contribution in [3.05, 3.63) is 37.0 Å². The maximum atomic E-state index is 10.7. The third kappa shape index (κ3) is 10.2. The molecule has 4 unspecified atom stereocenters. The van der Waals surface area contributed by atoms with Gasteiger partial charge in [0, 0.05) is 0 Å². The summed E-state index contributed by atoms with van der Waals surface area (Å²) in [7, 11) is 0. The fourth-order valence-electron chi connectivity index (χ4n) is 3.95. The number of unbranched alkanes of at least 4 members (excludes halogenated alkanes) is 5. The SMILES string of the molecule is C=CCC/C=C/C=CCCCCCCC1CCC(C2CCC(CC(=O)O)OO2)O1. The van der Waals surface area contributed by atoms with Crippen molar-refractivity contribution in [2.75, 3.05) is 0 Å². The van der Waals surface area contributed by atoms with E-state index in [0.717, 1.165) is 51.4 Å². The van der Waals surface area contributed by atoms with Crippen molar-refractivity contribution < 1.29 is 24.4 Å². The van der Waals surface area contributed by atoms with E-state index in [-0.39, 0.29) is 24.7 Å². The van der Waals surface area contributed by atoms with Gasteiger partial charge in [-0.2, -0.15) is 0 Å². The van der Waals surface area contributed by atoms with Gasteiger partial charge in [0.15, 0.2) is 0 Å². The zero-order chi connectivity index (χ0) is 20.7. The molecule has 0 aromatic heterocycles. The molecule has 0 spiro atoms. The third-order valence-electron chi connectivity index (χ3n) is 5.61. The molecule has 2 heterocycles. The molecule has 0 radical (unpaired) electrons. The van der Waals surface area contributed by atoms with Gasteiger partial charge in [0.2, 0.25) is 0 Å². The van der Waals surface area contributed by atoms with Crippen LogP contribution in [0.1, 0.15) is 83.5 Å². The van der Waals surface area contributed by atoms with E-state index in [1.54, 1.807) is 0 Å². The molecular formula is C24H38O5. The van der Waals surface area contributed by atoms with Gasteiger partial charge in [0.05, 0.1) is 18.6 Å². The molecule has 5 nitrogen and oxygen atoms in total. The van der Waals surface area contributed by atoms with Crippen LogP contribution in [0.5, 0.6) is 0 Å². The topological polar surface area (TPSA) is 65.0 Å². The van der Waals surface area contributed by atoms with E-state index in [0.29, 0.717) is 6.10 Å². The molecule has 29 heavy (non-hydrogen) atoms. The predicted molar refractivity (Wildman–Crippen MR) is 115 cm³/mol. The Morgan fingerprint density at radius 3 is 2.31 bits per heavy atom. The summed E-state index contributed by atoms with van der Waals surface area (Å²) >= 11 is 0. The molecule has 4 atom stereocenters. The Labute approximate surface area is 175 Å². The van der Waals surface area contributed by atoms with Crippen molar-refractivity contribution in [2.45, 2.75) is 108 Å². The molecule has 0 saturated carbocycles. The molecule has 1 N–H and O–H groups in total. The minimum atomic E-state index is -0.846. The molecule has 2 aliphatic rings. The average Bonchev–Trinajstić information content (AvgIpc) is 3.18. The van der Waals surface area contributed by atoms with Gasteiger partial charge in [0.1, 0.15) is 12.2 Å². The van der Waals surface area contributed by atoms with E-state index in [9.17, 15) is 4.79 Å². The highest BCUT2D eigenvalue weighted by Gasteiger charge is 2.36.